The van der Waals surface area contributed by atoms with E-state index >= 15 is 0 Å². The number of H-pyrrole nitrogens is 1. The maximum absolute atomic E-state index is 12.4. The number of aromatic amines is 1. The van der Waals surface area contributed by atoms with Crippen molar-refractivity contribution in [1.29, 1.82) is 0 Å². The SMILES string of the molecule is CCNC(=O)C1CC(NC(=O)c2cc[nH]c2)CN1C(=O)CCC(F)(F)F. The first-order valence-electron chi connectivity index (χ1n) is 8.29. The Bertz CT molecular complexity index is 646. The second kappa shape index (κ2) is 8.24. The monoisotopic (exact) mass is 374 g/mol. The molecule has 0 bridgehead atoms. The van der Waals surface area contributed by atoms with E-state index in [0.717, 1.165) is 4.90 Å². The molecule has 0 aliphatic carbocycles. The molecule has 0 saturated carbocycles. The molecule has 1 aromatic rings. The number of halogens is 3. The molecule has 1 aromatic heterocycles. The molecule has 26 heavy (non-hydrogen) atoms. The van der Waals surface area contributed by atoms with E-state index in [1.165, 1.54) is 6.20 Å². The Hall–Kier alpha value is -2.52. The first kappa shape index (κ1) is 19.8. The van der Waals surface area contributed by atoms with Crippen LogP contribution in [0.3, 0.4) is 0 Å². The predicted molar refractivity (Wildman–Crippen MR) is 86.1 cm³/mol. The first-order chi connectivity index (χ1) is 12.2. The lowest BCUT2D eigenvalue weighted by Crippen LogP contribution is -2.46. The van der Waals surface area contributed by atoms with Crippen LogP contribution in [0.4, 0.5) is 13.2 Å². The number of likely N-dealkylation sites (tertiary alicyclic amines) is 1. The van der Waals surface area contributed by atoms with Crippen LogP contribution in [0, 0.1) is 0 Å². The quantitative estimate of drug-likeness (QED) is 0.698. The Labute approximate surface area is 148 Å². The Morgan fingerprint density at radius 2 is 2.08 bits per heavy atom. The number of carbonyl (C=O) groups excluding carboxylic acids is 3. The van der Waals surface area contributed by atoms with Gasteiger partial charge in [0.25, 0.3) is 5.91 Å². The highest BCUT2D eigenvalue weighted by atomic mass is 19.4. The van der Waals surface area contributed by atoms with E-state index in [2.05, 4.69) is 15.6 Å². The zero-order valence-corrected chi connectivity index (χ0v) is 14.2. The van der Waals surface area contributed by atoms with Gasteiger partial charge in [-0.25, -0.2) is 0 Å². The number of alkyl halides is 3. The van der Waals surface area contributed by atoms with E-state index in [1.807, 2.05) is 0 Å². The van der Waals surface area contributed by atoms with Crippen molar-refractivity contribution in [3.8, 4) is 0 Å². The third kappa shape index (κ3) is 5.24. The number of nitrogens with one attached hydrogen (secondary N) is 3. The van der Waals surface area contributed by atoms with Crippen molar-refractivity contribution >= 4 is 17.7 Å². The molecule has 2 heterocycles. The van der Waals surface area contributed by atoms with Gasteiger partial charge >= 0.3 is 6.18 Å². The summed E-state index contributed by atoms with van der Waals surface area (Å²) in [7, 11) is 0. The molecular formula is C16H21F3N4O3. The summed E-state index contributed by atoms with van der Waals surface area (Å²) in [6.07, 6.45) is -3.19. The minimum atomic E-state index is -4.45. The van der Waals surface area contributed by atoms with Crippen LogP contribution in [0.1, 0.15) is 36.5 Å². The molecule has 1 aliphatic heterocycles. The normalized spacial score (nSPS) is 20.1. The fraction of sp³-hybridized carbons (Fsp3) is 0.562. The summed E-state index contributed by atoms with van der Waals surface area (Å²) in [5.41, 5.74) is 0.390. The third-order valence-electron chi connectivity index (χ3n) is 4.09. The van der Waals surface area contributed by atoms with Crippen LogP contribution in [0.15, 0.2) is 18.5 Å². The van der Waals surface area contributed by atoms with Crippen LogP contribution >= 0.6 is 0 Å². The number of amides is 3. The van der Waals surface area contributed by atoms with Crippen molar-refractivity contribution in [2.24, 2.45) is 0 Å². The summed E-state index contributed by atoms with van der Waals surface area (Å²) in [6, 6.07) is 0.157. The minimum Gasteiger partial charge on any atom is -0.367 e. The van der Waals surface area contributed by atoms with E-state index in [1.54, 1.807) is 19.2 Å². The molecule has 3 N–H and O–H groups in total. The summed E-state index contributed by atoms with van der Waals surface area (Å²) in [6.45, 7) is 2.03. The zero-order valence-electron chi connectivity index (χ0n) is 14.2. The van der Waals surface area contributed by atoms with Crippen LogP contribution in [0.5, 0.6) is 0 Å². The van der Waals surface area contributed by atoms with Crippen molar-refractivity contribution in [2.75, 3.05) is 13.1 Å². The number of carbonyl (C=O) groups is 3. The average Bonchev–Trinajstić information content (AvgIpc) is 3.21. The van der Waals surface area contributed by atoms with Gasteiger partial charge in [-0.2, -0.15) is 13.2 Å². The minimum absolute atomic E-state index is 0.00530. The van der Waals surface area contributed by atoms with Gasteiger partial charge in [0.15, 0.2) is 0 Å². The van der Waals surface area contributed by atoms with Crippen molar-refractivity contribution in [3.63, 3.8) is 0 Å². The molecule has 0 radical (unpaired) electrons. The lowest BCUT2D eigenvalue weighted by Gasteiger charge is -2.23. The molecule has 7 nitrogen and oxygen atoms in total. The lowest BCUT2D eigenvalue weighted by molar-refractivity contribution is -0.151. The summed E-state index contributed by atoms with van der Waals surface area (Å²) in [5.74, 6) is -1.57. The van der Waals surface area contributed by atoms with E-state index in [9.17, 15) is 27.6 Å². The molecule has 144 valence electrons. The van der Waals surface area contributed by atoms with Crippen LogP contribution in [0.25, 0.3) is 0 Å². The molecule has 10 heteroatoms. The third-order valence-corrected chi connectivity index (χ3v) is 4.09. The molecule has 2 unspecified atom stereocenters. The molecule has 2 rings (SSSR count). The largest absolute Gasteiger partial charge is 0.389 e. The molecule has 0 aromatic carbocycles. The number of aromatic nitrogens is 1. The maximum Gasteiger partial charge on any atom is 0.389 e. The van der Waals surface area contributed by atoms with E-state index < -0.39 is 42.9 Å². The summed E-state index contributed by atoms with van der Waals surface area (Å²) < 4.78 is 37.1. The van der Waals surface area contributed by atoms with Crippen LogP contribution < -0.4 is 10.6 Å². The number of hydrogen-bond acceptors (Lipinski definition) is 3. The van der Waals surface area contributed by atoms with E-state index in [-0.39, 0.29) is 18.9 Å². The van der Waals surface area contributed by atoms with Gasteiger partial charge in [-0.05, 0) is 19.4 Å². The maximum atomic E-state index is 12.4. The van der Waals surface area contributed by atoms with Gasteiger partial charge in [-0.3, -0.25) is 14.4 Å². The molecule has 1 aliphatic rings. The Morgan fingerprint density at radius 1 is 1.35 bits per heavy atom. The smallest absolute Gasteiger partial charge is 0.367 e. The number of rotatable bonds is 6. The Kier molecular flexibility index (Phi) is 6.27. The van der Waals surface area contributed by atoms with Crippen LogP contribution in [0.2, 0.25) is 0 Å². The van der Waals surface area contributed by atoms with E-state index in [4.69, 9.17) is 0 Å². The lowest BCUT2D eigenvalue weighted by atomic mass is 10.1. The number of nitrogens with zero attached hydrogens (tertiary/aromatic N) is 1. The Morgan fingerprint density at radius 3 is 2.65 bits per heavy atom. The summed E-state index contributed by atoms with van der Waals surface area (Å²) >= 11 is 0. The van der Waals surface area contributed by atoms with Crippen LogP contribution in [-0.4, -0.2) is 59.0 Å². The molecule has 3 amide bonds. The molecule has 0 spiro atoms. The second-order valence-corrected chi connectivity index (χ2v) is 6.08. The molecule has 1 saturated heterocycles. The van der Waals surface area contributed by atoms with Crippen molar-refractivity contribution in [2.45, 2.75) is 44.4 Å². The summed E-state index contributed by atoms with van der Waals surface area (Å²) in [4.78, 5) is 40.4. The van der Waals surface area contributed by atoms with Crippen molar-refractivity contribution in [1.82, 2.24) is 20.5 Å². The molecular weight excluding hydrogens is 353 g/mol. The molecule has 1 fully saturated rings. The topological polar surface area (TPSA) is 94.3 Å². The molecule has 2 atom stereocenters. The standard InChI is InChI=1S/C16H21F3N4O3/c1-2-21-15(26)12-7-11(22-14(25)10-4-6-20-8-10)9-23(12)13(24)3-5-16(17,18)19/h4,6,8,11-12,20H,2-3,5,7,9H2,1H3,(H,21,26)(H,22,25). The summed E-state index contributed by atoms with van der Waals surface area (Å²) in [5, 5.41) is 5.28. The van der Waals surface area contributed by atoms with Gasteiger partial charge in [0, 0.05) is 37.9 Å². The fourth-order valence-electron chi connectivity index (χ4n) is 2.88. The highest BCUT2D eigenvalue weighted by Gasteiger charge is 2.41. The van der Waals surface area contributed by atoms with Gasteiger partial charge < -0.3 is 20.5 Å². The number of likely N-dealkylation sites (N-methyl/N-ethyl adjacent to an activating group) is 1. The van der Waals surface area contributed by atoms with Gasteiger partial charge in [-0.1, -0.05) is 0 Å². The Balaban J connectivity index is 2.04. The predicted octanol–water partition coefficient (Wildman–Crippen LogP) is 1.19. The van der Waals surface area contributed by atoms with Crippen molar-refractivity contribution in [3.05, 3.63) is 24.0 Å². The van der Waals surface area contributed by atoms with Gasteiger partial charge in [-0.15, -0.1) is 0 Å². The van der Waals surface area contributed by atoms with Crippen molar-refractivity contribution < 1.29 is 27.6 Å². The highest BCUT2D eigenvalue weighted by Crippen LogP contribution is 2.25. The average molecular weight is 374 g/mol. The van der Waals surface area contributed by atoms with Gasteiger partial charge in [0.1, 0.15) is 6.04 Å². The van der Waals surface area contributed by atoms with Gasteiger partial charge in [0.2, 0.25) is 11.8 Å². The van der Waals surface area contributed by atoms with Gasteiger partial charge in [0.05, 0.1) is 12.0 Å². The fourth-order valence-corrected chi connectivity index (χ4v) is 2.88. The van der Waals surface area contributed by atoms with Crippen LogP contribution in [-0.2, 0) is 9.59 Å². The highest BCUT2D eigenvalue weighted by molar-refractivity contribution is 5.94. The first-order valence-corrected chi connectivity index (χ1v) is 8.29. The van der Waals surface area contributed by atoms with E-state index in [0.29, 0.717) is 12.1 Å². The number of hydrogen-bond donors (Lipinski definition) is 3. The zero-order chi connectivity index (χ0) is 19.3. The second-order valence-electron chi connectivity index (χ2n) is 6.08.